The lowest BCUT2D eigenvalue weighted by Gasteiger charge is -2.42. The van der Waals surface area contributed by atoms with Crippen LogP contribution in [0.3, 0.4) is 0 Å². The highest BCUT2D eigenvalue weighted by Crippen LogP contribution is 2.27. The molecule has 3 aromatic carbocycles. The van der Waals surface area contributed by atoms with Gasteiger partial charge < -0.3 is 4.74 Å². The summed E-state index contributed by atoms with van der Waals surface area (Å²) >= 11 is 0. The number of nitrogens with zero attached hydrogens (tertiary/aromatic N) is 2. The largest absolute Gasteiger partial charge is 0.500 e. The van der Waals surface area contributed by atoms with Crippen molar-refractivity contribution in [3.05, 3.63) is 120 Å². The molecule has 0 saturated heterocycles. The molecule has 1 aliphatic heterocycles. The Morgan fingerprint density at radius 3 is 1.84 bits per heavy atom. The van der Waals surface area contributed by atoms with E-state index in [0.29, 0.717) is 13.2 Å². The van der Waals surface area contributed by atoms with Crippen molar-refractivity contribution in [3.63, 3.8) is 0 Å². The molecule has 1 aliphatic rings. The Morgan fingerprint density at radius 1 is 0.844 bits per heavy atom. The maximum Gasteiger partial charge on any atom is 0.115 e. The number of hydroxylamine groups is 2. The van der Waals surface area contributed by atoms with Crippen LogP contribution < -0.4 is 0 Å². The van der Waals surface area contributed by atoms with Crippen molar-refractivity contribution in [1.29, 1.82) is 0 Å². The molecule has 1 heterocycles. The van der Waals surface area contributed by atoms with Gasteiger partial charge in [-0.25, -0.2) is 0 Å². The fourth-order valence-electron chi connectivity index (χ4n) is 4.33. The molecule has 3 aromatic rings. The number of hydrogen-bond acceptors (Lipinski definition) is 4. The molecule has 166 valence electrons. The zero-order valence-electron chi connectivity index (χ0n) is 18.9. The Hall–Kier alpha value is -2.92. The first-order valence-electron chi connectivity index (χ1n) is 11.2. The van der Waals surface area contributed by atoms with Gasteiger partial charge in [0, 0.05) is 25.7 Å². The summed E-state index contributed by atoms with van der Waals surface area (Å²) in [6, 6.07) is 31.9. The molecule has 0 fully saturated rings. The lowest BCUT2D eigenvalue weighted by molar-refractivity contribution is -0.206. The average molecular weight is 429 g/mol. The molecule has 2 atom stereocenters. The molecule has 0 bridgehead atoms. The van der Waals surface area contributed by atoms with E-state index in [1.165, 1.54) is 16.7 Å². The Labute approximate surface area is 191 Å². The molecular weight excluding hydrogens is 396 g/mol. The van der Waals surface area contributed by atoms with Crippen molar-refractivity contribution < 1.29 is 9.57 Å². The van der Waals surface area contributed by atoms with E-state index in [0.717, 1.165) is 18.8 Å². The van der Waals surface area contributed by atoms with Crippen LogP contribution in [-0.2, 0) is 29.2 Å². The zero-order chi connectivity index (χ0) is 22.2. The normalized spacial score (nSPS) is 17.7. The summed E-state index contributed by atoms with van der Waals surface area (Å²) < 4.78 is 5.86. The van der Waals surface area contributed by atoms with E-state index in [1.807, 2.05) is 6.07 Å². The number of ether oxygens (including phenoxy) is 1. The minimum atomic E-state index is -0.0126. The highest BCUT2D eigenvalue weighted by Gasteiger charge is 2.36. The van der Waals surface area contributed by atoms with E-state index in [1.54, 1.807) is 7.11 Å². The van der Waals surface area contributed by atoms with Gasteiger partial charge in [-0.2, -0.15) is 5.06 Å². The number of hydrogen-bond donors (Lipinski definition) is 0. The Balaban J connectivity index is 1.62. The van der Waals surface area contributed by atoms with Crippen molar-refractivity contribution in [3.8, 4) is 0 Å². The second-order valence-electron chi connectivity index (χ2n) is 8.23. The molecular formula is C28H32N2O2. The molecule has 0 unspecified atom stereocenters. The lowest BCUT2D eigenvalue weighted by atomic mass is 10.0. The smallest absolute Gasteiger partial charge is 0.115 e. The predicted octanol–water partition coefficient (Wildman–Crippen LogP) is 5.42. The van der Waals surface area contributed by atoms with Gasteiger partial charge in [-0.15, -0.1) is 0 Å². The van der Waals surface area contributed by atoms with E-state index >= 15 is 0 Å². The van der Waals surface area contributed by atoms with Crippen molar-refractivity contribution >= 4 is 0 Å². The van der Waals surface area contributed by atoms with Crippen molar-refractivity contribution in [2.24, 2.45) is 0 Å². The van der Waals surface area contributed by atoms with Gasteiger partial charge in [-0.05, 0) is 29.7 Å². The monoisotopic (exact) mass is 428 g/mol. The number of rotatable bonds is 9. The minimum Gasteiger partial charge on any atom is -0.500 e. The van der Waals surface area contributed by atoms with Crippen LogP contribution in [0.2, 0.25) is 0 Å². The third-order valence-corrected chi connectivity index (χ3v) is 6.03. The Bertz CT molecular complexity index is 935. The van der Waals surface area contributed by atoms with Crippen LogP contribution in [-0.4, -0.2) is 35.8 Å². The summed E-state index contributed by atoms with van der Waals surface area (Å²) in [7, 11) is 1.76. The summed E-state index contributed by atoms with van der Waals surface area (Å²) in [6.07, 6.45) is 2.06. The van der Waals surface area contributed by atoms with Crippen LogP contribution in [0.1, 0.15) is 23.6 Å². The molecule has 32 heavy (non-hydrogen) atoms. The Morgan fingerprint density at radius 2 is 1.34 bits per heavy atom. The Kier molecular flexibility index (Phi) is 7.73. The summed E-state index contributed by atoms with van der Waals surface area (Å²) in [4.78, 5) is 8.66. The summed E-state index contributed by atoms with van der Waals surface area (Å²) in [5.74, 6) is 0.964. The quantitative estimate of drug-likeness (QED) is 0.454. The summed E-state index contributed by atoms with van der Waals surface area (Å²) in [6.45, 7) is 5.21. The molecule has 4 heteroatoms. The maximum atomic E-state index is 6.15. The number of benzene rings is 3. The third-order valence-electron chi connectivity index (χ3n) is 6.03. The van der Waals surface area contributed by atoms with Gasteiger partial charge in [0.1, 0.15) is 11.8 Å². The van der Waals surface area contributed by atoms with E-state index in [-0.39, 0.29) is 12.1 Å². The molecule has 0 radical (unpaired) electrons. The van der Waals surface area contributed by atoms with Crippen LogP contribution in [0.25, 0.3) is 0 Å². The van der Waals surface area contributed by atoms with Gasteiger partial charge in [-0.3, -0.25) is 9.74 Å². The second kappa shape index (κ2) is 11.1. The van der Waals surface area contributed by atoms with Crippen LogP contribution in [0, 0.1) is 0 Å². The van der Waals surface area contributed by atoms with E-state index in [9.17, 15) is 0 Å². The first-order valence-corrected chi connectivity index (χ1v) is 11.2. The zero-order valence-corrected chi connectivity index (χ0v) is 18.9. The summed E-state index contributed by atoms with van der Waals surface area (Å²) in [5, 5.41) is 2.09. The van der Waals surface area contributed by atoms with Gasteiger partial charge >= 0.3 is 0 Å². The van der Waals surface area contributed by atoms with Gasteiger partial charge in [0.2, 0.25) is 0 Å². The average Bonchev–Trinajstić information content (AvgIpc) is 2.85. The van der Waals surface area contributed by atoms with Crippen LogP contribution in [0.4, 0.5) is 0 Å². The maximum absolute atomic E-state index is 6.15. The topological polar surface area (TPSA) is 24.9 Å². The highest BCUT2D eigenvalue weighted by atomic mass is 16.7. The first-order chi connectivity index (χ1) is 15.7. The molecule has 0 spiro atoms. The standard InChI is InChI=1S/C28H32N2O2/c1-23(28-27(31-2)18-19-32-30(28)22-26-16-10-5-11-17-26)29(20-24-12-6-3-7-13-24)21-25-14-8-4-9-15-25/h3-18,23,28H,19-22H2,1-2H3/t23-,28+/m1/s1. The molecule has 4 rings (SSSR count). The molecule has 0 amide bonds. The fourth-order valence-corrected chi connectivity index (χ4v) is 4.33. The van der Waals surface area contributed by atoms with E-state index in [4.69, 9.17) is 9.57 Å². The minimum absolute atomic E-state index is 0.0126. The SMILES string of the molecule is COC1=CCON(Cc2ccccc2)[C@H]1[C@@H](C)N(Cc1ccccc1)Cc1ccccc1. The summed E-state index contributed by atoms with van der Waals surface area (Å²) in [5.41, 5.74) is 3.81. The van der Waals surface area contributed by atoms with Gasteiger partial charge in [0.25, 0.3) is 0 Å². The predicted molar refractivity (Wildman–Crippen MR) is 128 cm³/mol. The van der Waals surface area contributed by atoms with Crippen molar-refractivity contribution in [1.82, 2.24) is 9.96 Å². The first kappa shape index (κ1) is 22.3. The van der Waals surface area contributed by atoms with Crippen LogP contribution in [0.15, 0.2) is 103 Å². The van der Waals surface area contributed by atoms with Gasteiger partial charge in [0.05, 0.1) is 13.7 Å². The molecule has 4 nitrogen and oxygen atoms in total. The molecule has 0 aliphatic carbocycles. The van der Waals surface area contributed by atoms with Crippen molar-refractivity contribution in [2.45, 2.75) is 38.6 Å². The van der Waals surface area contributed by atoms with E-state index in [2.05, 4.69) is 108 Å². The van der Waals surface area contributed by atoms with Crippen molar-refractivity contribution in [2.75, 3.05) is 13.7 Å². The molecule has 0 aromatic heterocycles. The second-order valence-corrected chi connectivity index (χ2v) is 8.23. The van der Waals surface area contributed by atoms with Crippen LogP contribution >= 0.6 is 0 Å². The fraction of sp³-hybridized carbons (Fsp3) is 0.286. The molecule has 0 saturated carbocycles. The van der Waals surface area contributed by atoms with Crippen LogP contribution in [0.5, 0.6) is 0 Å². The highest BCUT2D eigenvalue weighted by molar-refractivity contribution is 5.20. The lowest BCUT2D eigenvalue weighted by Crippen LogP contribution is -2.52. The molecule has 0 N–H and O–H groups in total. The third kappa shape index (κ3) is 5.65. The number of methoxy groups -OCH3 is 1. The van der Waals surface area contributed by atoms with Gasteiger partial charge in [0.15, 0.2) is 0 Å². The van der Waals surface area contributed by atoms with Gasteiger partial charge in [-0.1, -0.05) is 91.0 Å². The van der Waals surface area contributed by atoms with E-state index < -0.39 is 0 Å².